The highest BCUT2D eigenvalue weighted by Gasteiger charge is 2.48. The Morgan fingerprint density at radius 1 is 0.857 bits per heavy atom. The van der Waals surface area contributed by atoms with E-state index in [9.17, 15) is 0 Å². The molecule has 5 rings (SSSR count). The van der Waals surface area contributed by atoms with E-state index in [1.807, 2.05) is 0 Å². The zero-order valence-electron chi connectivity index (χ0n) is 16.7. The molecule has 1 nitrogen and oxygen atoms in total. The number of aryl methyl sites for hydroxylation is 1. The van der Waals surface area contributed by atoms with Gasteiger partial charge in [0.05, 0.1) is 7.11 Å². The van der Waals surface area contributed by atoms with E-state index < -0.39 is 8.07 Å². The number of allylic oxidation sites excluding steroid dienone is 1. The Bertz CT molecular complexity index is 1050. The molecule has 28 heavy (non-hydrogen) atoms. The van der Waals surface area contributed by atoms with Crippen molar-refractivity contribution in [3.05, 3.63) is 95.1 Å². The number of benzene rings is 3. The van der Waals surface area contributed by atoms with E-state index in [1.54, 1.807) is 28.6 Å². The van der Waals surface area contributed by atoms with Crippen LogP contribution in [-0.4, -0.2) is 15.2 Å². The number of hydrogen-bond acceptors (Lipinski definition) is 1. The van der Waals surface area contributed by atoms with E-state index in [1.165, 1.54) is 41.6 Å². The van der Waals surface area contributed by atoms with E-state index >= 15 is 0 Å². The summed E-state index contributed by atoms with van der Waals surface area (Å²) in [4.78, 5) is 0. The van der Waals surface area contributed by atoms with Crippen LogP contribution in [0.4, 0.5) is 0 Å². The predicted molar refractivity (Wildman–Crippen MR) is 121 cm³/mol. The molecule has 0 radical (unpaired) electrons. The molecule has 0 bridgehead atoms. The molecule has 0 unspecified atom stereocenters. The van der Waals surface area contributed by atoms with E-state index in [0.717, 1.165) is 5.75 Å². The lowest BCUT2D eigenvalue weighted by atomic mass is 9.96. The molecule has 0 saturated carbocycles. The van der Waals surface area contributed by atoms with Gasteiger partial charge in [0.1, 0.15) is 13.8 Å². The van der Waals surface area contributed by atoms with Crippen molar-refractivity contribution >= 4 is 24.0 Å². The minimum Gasteiger partial charge on any atom is -0.497 e. The van der Waals surface area contributed by atoms with Crippen LogP contribution >= 0.6 is 0 Å². The fourth-order valence-electron chi connectivity index (χ4n) is 5.29. The molecule has 2 heterocycles. The second-order valence-corrected chi connectivity index (χ2v) is 12.3. The lowest BCUT2D eigenvalue weighted by Gasteiger charge is -2.36. The maximum Gasteiger partial charge on any atom is 0.123 e. The molecule has 2 heteroatoms. The lowest BCUT2D eigenvalue weighted by Crippen LogP contribution is -2.50. The maximum absolute atomic E-state index is 5.43. The second-order valence-electron chi connectivity index (χ2n) is 8.22. The molecule has 3 aromatic carbocycles. The van der Waals surface area contributed by atoms with Gasteiger partial charge in [-0.25, -0.2) is 0 Å². The SMILES string of the molecule is COc1ccc([Si@]23CCCC(c4ccc(C)cc4)=C2c2ccccc2C3)cc1. The minimum atomic E-state index is -1.80. The average Bonchev–Trinajstić information content (AvgIpc) is 3.10. The van der Waals surface area contributed by atoms with Crippen LogP contribution in [0.25, 0.3) is 10.8 Å². The summed E-state index contributed by atoms with van der Waals surface area (Å²) in [7, 11) is -0.0532. The number of fused-ring (bicyclic) bond motifs is 3. The highest BCUT2D eigenvalue weighted by atomic mass is 28.3. The van der Waals surface area contributed by atoms with Crippen LogP contribution in [0.2, 0.25) is 6.04 Å². The third-order valence-corrected chi connectivity index (χ3v) is 11.8. The van der Waals surface area contributed by atoms with E-state index in [-0.39, 0.29) is 0 Å². The molecule has 2 aliphatic rings. The van der Waals surface area contributed by atoms with Gasteiger partial charge in [-0.3, -0.25) is 0 Å². The molecule has 0 saturated heterocycles. The predicted octanol–water partition coefficient (Wildman–Crippen LogP) is 5.70. The van der Waals surface area contributed by atoms with Gasteiger partial charge < -0.3 is 4.74 Å². The molecule has 1 atom stereocenters. The topological polar surface area (TPSA) is 9.23 Å². The molecule has 0 aromatic heterocycles. The minimum absolute atomic E-state index is 0.949. The lowest BCUT2D eigenvalue weighted by molar-refractivity contribution is 0.415. The molecule has 3 aromatic rings. The summed E-state index contributed by atoms with van der Waals surface area (Å²) >= 11 is 0. The summed E-state index contributed by atoms with van der Waals surface area (Å²) in [6, 6.07) is 29.9. The van der Waals surface area contributed by atoms with Gasteiger partial charge in [-0.05, 0) is 65.0 Å². The van der Waals surface area contributed by atoms with Gasteiger partial charge in [0.2, 0.25) is 0 Å². The first-order valence-corrected chi connectivity index (χ1v) is 12.7. The van der Waals surface area contributed by atoms with Crippen molar-refractivity contribution in [1.82, 2.24) is 0 Å². The van der Waals surface area contributed by atoms with Gasteiger partial charge >= 0.3 is 0 Å². The highest BCUT2D eigenvalue weighted by molar-refractivity contribution is 7.08. The molecule has 0 fully saturated rings. The Labute approximate surface area is 168 Å². The summed E-state index contributed by atoms with van der Waals surface area (Å²) < 4.78 is 5.43. The molecule has 0 aliphatic carbocycles. The van der Waals surface area contributed by atoms with Crippen molar-refractivity contribution < 1.29 is 4.74 Å². The van der Waals surface area contributed by atoms with Crippen LogP contribution in [-0.2, 0) is 6.04 Å². The fraction of sp³-hybridized carbons (Fsp3) is 0.231. The third kappa shape index (κ3) is 2.67. The summed E-state index contributed by atoms with van der Waals surface area (Å²) in [5.41, 5.74) is 7.41. The number of rotatable bonds is 3. The number of ether oxygens (including phenoxy) is 1. The second kappa shape index (κ2) is 6.79. The van der Waals surface area contributed by atoms with Gasteiger partial charge in [0.15, 0.2) is 0 Å². The van der Waals surface area contributed by atoms with E-state index in [2.05, 4.69) is 79.7 Å². The van der Waals surface area contributed by atoms with Crippen molar-refractivity contribution in [2.75, 3.05) is 7.11 Å². The summed E-state index contributed by atoms with van der Waals surface area (Å²) in [5.74, 6) is 0.949. The molecular weight excluding hydrogens is 356 g/mol. The van der Waals surface area contributed by atoms with Gasteiger partial charge in [-0.15, -0.1) is 0 Å². The zero-order chi connectivity index (χ0) is 19.1. The monoisotopic (exact) mass is 382 g/mol. The fourth-order valence-corrected chi connectivity index (χ4v) is 10.8. The summed E-state index contributed by atoms with van der Waals surface area (Å²) in [5, 5.41) is 3.26. The zero-order valence-corrected chi connectivity index (χ0v) is 17.7. The smallest absolute Gasteiger partial charge is 0.123 e. The third-order valence-electron chi connectivity index (χ3n) is 6.63. The van der Waals surface area contributed by atoms with Crippen LogP contribution in [0.5, 0.6) is 5.75 Å². The van der Waals surface area contributed by atoms with Crippen LogP contribution in [0.15, 0.2) is 72.8 Å². The molecule has 0 spiro atoms. The highest BCUT2D eigenvalue weighted by Crippen LogP contribution is 2.50. The van der Waals surface area contributed by atoms with Gasteiger partial charge in [-0.2, -0.15) is 0 Å². The largest absolute Gasteiger partial charge is 0.497 e. The maximum atomic E-state index is 5.43. The van der Waals surface area contributed by atoms with Crippen LogP contribution < -0.4 is 9.92 Å². The first-order valence-electron chi connectivity index (χ1n) is 10.2. The van der Waals surface area contributed by atoms with Crippen LogP contribution in [0.3, 0.4) is 0 Å². The number of methoxy groups -OCH3 is 1. The van der Waals surface area contributed by atoms with Crippen molar-refractivity contribution in [2.45, 2.75) is 31.9 Å². The molecular formula is C26H26OSi. The van der Waals surface area contributed by atoms with E-state index in [0.29, 0.717) is 0 Å². The first kappa shape index (κ1) is 17.5. The standard InChI is InChI=1S/C26H26OSi/c1-19-9-11-20(12-10-19)24-8-5-17-28(23-15-13-22(27-2)14-16-23)18-21-6-3-4-7-25(21)26(24)28/h3-4,6-7,9-16H,5,8,17-18H2,1-2H3/t28-/m1/s1. The van der Waals surface area contributed by atoms with Crippen molar-refractivity contribution in [1.29, 1.82) is 0 Å². The average molecular weight is 383 g/mol. The Kier molecular flexibility index (Phi) is 4.24. The Morgan fingerprint density at radius 2 is 1.61 bits per heavy atom. The van der Waals surface area contributed by atoms with Crippen LogP contribution in [0.1, 0.15) is 35.1 Å². The summed E-state index contributed by atoms with van der Waals surface area (Å²) in [6.45, 7) is 2.17. The quantitative estimate of drug-likeness (QED) is 0.528. The van der Waals surface area contributed by atoms with Gasteiger partial charge in [0.25, 0.3) is 0 Å². The Morgan fingerprint density at radius 3 is 2.36 bits per heavy atom. The molecule has 2 aliphatic heterocycles. The van der Waals surface area contributed by atoms with Crippen LogP contribution in [0, 0.1) is 6.92 Å². The Balaban J connectivity index is 1.76. The van der Waals surface area contributed by atoms with Gasteiger partial charge in [-0.1, -0.05) is 77.8 Å². The van der Waals surface area contributed by atoms with Crippen molar-refractivity contribution in [3.8, 4) is 5.75 Å². The normalized spacial score (nSPS) is 20.6. The summed E-state index contributed by atoms with van der Waals surface area (Å²) in [6.07, 6.45) is 2.48. The van der Waals surface area contributed by atoms with Crippen molar-refractivity contribution in [2.24, 2.45) is 0 Å². The number of hydrogen-bond donors (Lipinski definition) is 0. The molecule has 140 valence electrons. The molecule has 0 amide bonds. The molecule has 0 N–H and O–H groups in total. The van der Waals surface area contributed by atoms with Crippen molar-refractivity contribution in [3.63, 3.8) is 0 Å². The van der Waals surface area contributed by atoms with Gasteiger partial charge in [0, 0.05) is 0 Å². The van der Waals surface area contributed by atoms with E-state index in [4.69, 9.17) is 4.74 Å². The first-order chi connectivity index (χ1) is 13.7. The Hall–Kier alpha value is -2.58.